The van der Waals surface area contributed by atoms with E-state index in [1.807, 2.05) is 7.05 Å². The molecule has 0 aromatic heterocycles. The van der Waals surface area contributed by atoms with Gasteiger partial charge in [-0.3, -0.25) is 4.79 Å². The molecule has 1 saturated heterocycles. The number of aromatic carboxylic acids is 1. The minimum atomic E-state index is -0.956. The zero-order valence-electron chi connectivity index (χ0n) is 12.2. The van der Waals surface area contributed by atoms with Crippen LogP contribution in [0.25, 0.3) is 0 Å². The monoisotopic (exact) mass is 291 g/mol. The maximum Gasteiger partial charge on any atom is 0.335 e. The van der Waals surface area contributed by atoms with Crippen molar-refractivity contribution in [2.75, 3.05) is 26.8 Å². The Kier molecular flexibility index (Phi) is 5.33. The Morgan fingerprint density at radius 2 is 2.05 bits per heavy atom. The highest BCUT2D eigenvalue weighted by molar-refractivity contribution is 5.87. The molecule has 1 fully saturated rings. The number of likely N-dealkylation sites (N-methyl/N-ethyl adjacent to an activating group) is 1. The predicted octanol–water partition coefficient (Wildman–Crippen LogP) is 1.81. The molecule has 1 aliphatic heterocycles. The number of hydrogen-bond donors (Lipinski definition) is 1. The molecular formula is C16H21NO4. The lowest BCUT2D eigenvalue weighted by Gasteiger charge is -2.27. The molecule has 0 aliphatic carbocycles. The molecule has 0 spiro atoms. The van der Waals surface area contributed by atoms with Crippen molar-refractivity contribution in [2.24, 2.45) is 5.92 Å². The van der Waals surface area contributed by atoms with E-state index in [2.05, 4.69) is 0 Å². The fourth-order valence-electron chi connectivity index (χ4n) is 2.52. The van der Waals surface area contributed by atoms with Gasteiger partial charge < -0.3 is 14.7 Å². The van der Waals surface area contributed by atoms with Crippen LogP contribution in [-0.4, -0.2) is 48.7 Å². The third kappa shape index (κ3) is 4.56. The molecule has 1 heterocycles. The largest absolute Gasteiger partial charge is 0.478 e. The number of hydrogen-bond acceptors (Lipinski definition) is 3. The Morgan fingerprint density at radius 1 is 1.33 bits per heavy atom. The van der Waals surface area contributed by atoms with Crippen molar-refractivity contribution in [3.63, 3.8) is 0 Å². The summed E-state index contributed by atoms with van der Waals surface area (Å²) in [5.74, 6) is -0.493. The maximum absolute atomic E-state index is 12.2. The Morgan fingerprint density at radius 3 is 2.62 bits per heavy atom. The maximum atomic E-state index is 12.2. The van der Waals surface area contributed by atoms with Gasteiger partial charge in [0.15, 0.2) is 0 Å². The summed E-state index contributed by atoms with van der Waals surface area (Å²) in [6, 6.07) is 6.44. The van der Waals surface area contributed by atoms with Gasteiger partial charge >= 0.3 is 5.97 Å². The summed E-state index contributed by atoms with van der Waals surface area (Å²) < 4.78 is 5.42. The topological polar surface area (TPSA) is 66.8 Å². The molecule has 1 N–H and O–H groups in total. The summed E-state index contributed by atoms with van der Waals surface area (Å²) in [5, 5.41) is 8.84. The number of nitrogens with zero attached hydrogens (tertiary/aromatic N) is 1. The SMILES string of the molecule is CN(C[C@H]1CCCOC1)C(=O)Cc1ccc(C(=O)O)cc1. The van der Waals surface area contributed by atoms with Crippen LogP contribution < -0.4 is 0 Å². The zero-order valence-corrected chi connectivity index (χ0v) is 12.2. The second-order valence-electron chi connectivity index (χ2n) is 5.54. The first kappa shape index (κ1) is 15.5. The van der Waals surface area contributed by atoms with Crippen molar-refractivity contribution < 1.29 is 19.4 Å². The summed E-state index contributed by atoms with van der Waals surface area (Å²) in [6.07, 6.45) is 2.46. The predicted molar refractivity (Wildman–Crippen MR) is 78.3 cm³/mol. The smallest absolute Gasteiger partial charge is 0.335 e. The number of amides is 1. The first-order chi connectivity index (χ1) is 10.1. The second-order valence-corrected chi connectivity index (χ2v) is 5.54. The third-order valence-electron chi connectivity index (χ3n) is 3.77. The highest BCUT2D eigenvalue weighted by Gasteiger charge is 2.18. The van der Waals surface area contributed by atoms with Crippen LogP contribution in [0.4, 0.5) is 0 Å². The normalized spacial score (nSPS) is 18.2. The van der Waals surface area contributed by atoms with Gasteiger partial charge in [0, 0.05) is 20.2 Å². The summed E-state index contributed by atoms with van der Waals surface area (Å²) in [7, 11) is 1.81. The number of carbonyl (C=O) groups is 2. The molecule has 1 aliphatic rings. The molecule has 21 heavy (non-hydrogen) atoms. The Balaban J connectivity index is 1.86. The number of carbonyl (C=O) groups excluding carboxylic acids is 1. The summed E-state index contributed by atoms with van der Waals surface area (Å²) >= 11 is 0. The van der Waals surface area contributed by atoms with Crippen molar-refractivity contribution in [2.45, 2.75) is 19.3 Å². The summed E-state index contributed by atoms with van der Waals surface area (Å²) in [5.41, 5.74) is 1.07. The van der Waals surface area contributed by atoms with E-state index in [0.717, 1.165) is 31.6 Å². The lowest BCUT2D eigenvalue weighted by atomic mass is 10.0. The van der Waals surface area contributed by atoms with E-state index in [1.54, 1.807) is 17.0 Å². The molecule has 0 bridgehead atoms. The molecule has 114 valence electrons. The zero-order chi connectivity index (χ0) is 15.2. The van der Waals surface area contributed by atoms with Crippen LogP contribution in [-0.2, 0) is 16.0 Å². The van der Waals surface area contributed by atoms with E-state index < -0.39 is 5.97 Å². The fourth-order valence-corrected chi connectivity index (χ4v) is 2.52. The van der Waals surface area contributed by atoms with Crippen molar-refractivity contribution in [1.29, 1.82) is 0 Å². The quantitative estimate of drug-likeness (QED) is 0.898. The van der Waals surface area contributed by atoms with Crippen LogP contribution in [0, 0.1) is 5.92 Å². The van der Waals surface area contributed by atoms with Crippen LogP contribution in [0.3, 0.4) is 0 Å². The molecule has 0 radical (unpaired) electrons. The molecule has 2 rings (SSSR count). The van der Waals surface area contributed by atoms with E-state index >= 15 is 0 Å². The highest BCUT2D eigenvalue weighted by atomic mass is 16.5. The van der Waals surface area contributed by atoms with Gasteiger partial charge in [-0.2, -0.15) is 0 Å². The number of carboxylic acid groups (broad SMARTS) is 1. The van der Waals surface area contributed by atoms with Crippen molar-refractivity contribution >= 4 is 11.9 Å². The standard InChI is InChI=1S/C16H21NO4/c1-17(10-13-3-2-8-21-11-13)15(18)9-12-4-6-14(7-5-12)16(19)20/h4-7,13H,2-3,8-11H2,1H3,(H,19,20)/t13-/m1/s1. The number of carboxylic acids is 1. The van der Waals surface area contributed by atoms with Crippen molar-refractivity contribution in [1.82, 2.24) is 4.90 Å². The lowest BCUT2D eigenvalue weighted by Crippen LogP contribution is -2.35. The van der Waals surface area contributed by atoms with Gasteiger partial charge in [-0.25, -0.2) is 4.79 Å². The summed E-state index contributed by atoms with van der Waals surface area (Å²) in [4.78, 5) is 24.7. The van der Waals surface area contributed by atoms with Crippen LogP contribution >= 0.6 is 0 Å². The molecule has 5 nitrogen and oxygen atoms in total. The Bertz CT molecular complexity index is 492. The molecule has 0 saturated carbocycles. The van der Waals surface area contributed by atoms with Crippen LogP contribution in [0.1, 0.15) is 28.8 Å². The molecule has 1 atom stereocenters. The molecule has 0 unspecified atom stereocenters. The average molecular weight is 291 g/mol. The number of benzene rings is 1. The van der Waals surface area contributed by atoms with Crippen LogP contribution in [0.2, 0.25) is 0 Å². The number of ether oxygens (including phenoxy) is 1. The van der Waals surface area contributed by atoms with Gasteiger partial charge in [-0.1, -0.05) is 12.1 Å². The van der Waals surface area contributed by atoms with E-state index in [-0.39, 0.29) is 11.5 Å². The second kappa shape index (κ2) is 7.22. The van der Waals surface area contributed by atoms with Crippen LogP contribution in [0.15, 0.2) is 24.3 Å². The molecule has 1 aromatic rings. The molecule has 1 aromatic carbocycles. The first-order valence-corrected chi connectivity index (χ1v) is 7.20. The van der Waals surface area contributed by atoms with Crippen molar-refractivity contribution in [3.05, 3.63) is 35.4 Å². The first-order valence-electron chi connectivity index (χ1n) is 7.20. The molecular weight excluding hydrogens is 270 g/mol. The minimum absolute atomic E-state index is 0.0450. The number of rotatable bonds is 5. The Labute approximate surface area is 124 Å². The van der Waals surface area contributed by atoms with Gasteiger partial charge in [-0.05, 0) is 36.5 Å². The van der Waals surface area contributed by atoms with Crippen molar-refractivity contribution in [3.8, 4) is 0 Å². The lowest BCUT2D eigenvalue weighted by molar-refractivity contribution is -0.130. The van der Waals surface area contributed by atoms with E-state index in [4.69, 9.17) is 9.84 Å². The highest BCUT2D eigenvalue weighted by Crippen LogP contribution is 2.15. The third-order valence-corrected chi connectivity index (χ3v) is 3.77. The van der Waals surface area contributed by atoms with E-state index in [0.29, 0.717) is 18.9 Å². The van der Waals surface area contributed by atoms with Crippen LogP contribution in [0.5, 0.6) is 0 Å². The van der Waals surface area contributed by atoms with E-state index in [1.165, 1.54) is 12.1 Å². The fraction of sp³-hybridized carbons (Fsp3) is 0.500. The molecule has 1 amide bonds. The minimum Gasteiger partial charge on any atom is -0.478 e. The van der Waals surface area contributed by atoms with Gasteiger partial charge in [0.05, 0.1) is 18.6 Å². The summed E-state index contributed by atoms with van der Waals surface area (Å²) in [6.45, 7) is 2.26. The van der Waals surface area contributed by atoms with E-state index in [9.17, 15) is 9.59 Å². The van der Waals surface area contributed by atoms with Gasteiger partial charge in [0.2, 0.25) is 5.91 Å². The van der Waals surface area contributed by atoms with Gasteiger partial charge in [0.25, 0.3) is 0 Å². The average Bonchev–Trinajstić information content (AvgIpc) is 2.48. The Hall–Kier alpha value is -1.88. The molecule has 5 heteroatoms. The van der Waals surface area contributed by atoms with Gasteiger partial charge in [0.1, 0.15) is 0 Å². The van der Waals surface area contributed by atoms with Gasteiger partial charge in [-0.15, -0.1) is 0 Å².